The maximum absolute atomic E-state index is 12.3. The average molecular weight is 281 g/mol. The van der Waals surface area contributed by atoms with Gasteiger partial charge in [0.05, 0.1) is 5.25 Å². The van der Waals surface area contributed by atoms with Crippen LogP contribution in [-0.4, -0.2) is 60.5 Å². The second-order valence-electron chi connectivity index (χ2n) is 5.22. The van der Waals surface area contributed by atoms with Crippen molar-refractivity contribution in [1.29, 1.82) is 0 Å². The van der Waals surface area contributed by atoms with Crippen LogP contribution in [0.5, 0.6) is 0 Å². The molecule has 2 aliphatic rings. The predicted octanol–water partition coefficient (Wildman–Crippen LogP) is 1.11. The fourth-order valence-corrected chi connectivity index (χ4v) is 4.87. The summed E-state index contributed by atoms with van der Waals surface area (Å²) in [6.07, 6.45) is 2.31. The van der Waals surface area contributed by atoms with E-state index in [4.69, 9.17) is 11.6 Å². The molecule has 3 atom stereocenters. The molecule has 0 aromatic heterocycles. The minimum absolute atomic E-state index is 0.0695. The summed E-state index contributed by atoms with van der Waals surface area (Å²) >= 11 is 5.70. The van der Waals surface area contributed by atoms with Crippen molar-refractivity contribution in [3.05, 3.63) is 0 Å². The highest BCUT2D eigenvalue weighted by molar-refractivity contribution is 7.89. The van der Waals surface area contributed by atoms with Crippen molar-refractivity contribution in [2.75, 3.05) is 25.5 Å². The van der Waals surface area contributed by atoms with E-state index in [1.54, 1.807) is 11.2 Å². The van der Waals surface area contributed by atoms with Gasteiger partial charge in [-0.2, -0.15) is 4.31 Å². The third kappa shape index (κ3) is 2.48. The first kappa shape index (κ1) is 13.6. The molecule has 0 aromatic carbocycles. The summed E-state index contributed by atoms with van der Waals surface area (Å²) in [5.41, 5.74) is 0. The molecule has 2 aliphatic heterocycles. The maximum Gasteiger partial charge on any atom is 0.218 e. The molecule has 100 valence electrons. The van der Waals surface area contributed by atoms with Crippen LogP contribution in [0.1, 0.15) is 26.7 Å². The first-order valence-electron chi connectivity index (χ1n) is 6.27. The molecule has 0 bridgehead atoms. The standard InChI is InChI=1S/C11H21ClN2O2S/c1-9-7-13-5-3-4-11(13)8-14(9)17(15,16)10(2)6-12/h9-11H,3-8H2,1-2H3. The van der Waals surface area contributed by atoms with Gasteiger partial charge in [0.1, 0.15) is 0 Å². The SMILES string of the molecule is CC1CN2CCCC2CN1S(=O)(=O)C(C)CCl. The Kier molecular flexibility index (Phi) is 4.02. The number of sulfonamides is 1. The van der Waals surface area contributed by atoms with Gasteiger partial charge in [-0.25, -0.2) is 8.42 Å². The van der Waals surface area contributed by atoms with E-state index in [-0.39, 0.29) is 11.9 Å². The van der Waals surface area contributed by atoms with Gasteiger partial charge in [-0.05, 0) is 33.2 Å². The van der Waals surface area contributed by atoms with Gasteiger partial charge in [0.15, 0.2) is 0 Å². The van der Waals surface area contributed by atoms with Crippen LogP contribution in [0.3, 0.4) is 0 Å². The zero-order valence-corrected chi connectivity index (χ0v) is 12.0. The molecule has 4 nitrogen and oxygen atoms in total. The molecule has 17 heavy (non-hydrogen) atoms. The summed E-state index contributed by atoms with van der Waals surface area (Å²) in [6.45, 7) is 6.31. The molecule has 0 saturated carbocycles. The van der Waals surface area contributed by atoms with Crippen molar-refractivity contribution in [2.24, 2.45) is 0 Å². The van der Waals surface area contributed by atoms with Crippen LogP contribution in [0.15, 0.2) is 0 Å². The fraction of sp³-hybridized carbons (Fsp3) is 1.00. The zero-order valence-electron chi connectivity index (χ0n) is 10.5. The lowest BCUT2D eigenvalue weighted by Crippen LogP contribution is -2.58. The van der Waals surface area contributed by atoms with Crippen LogP contribution in [0.25, 0.3) is 0 Å². The molecule has 2 fully saturated rings. The van der Waals surface area contributed by atoms with E-state index in [0.717, 1.165) is 19.5 Å². The first-order valence-corrected chi connectivity index (χ1v) is 8.31. The number of piperazine rings is 1. The molecular formula is C11H21ClN2O2S. The van der Waals surface area contributed by atoms with Gasteiger partial charge in [-0.15, -0.1) is 11.6 Å². The Morgan fingerprint density at radius 2 is 2.12 bits per heavy atom. The minimum atomic E-state index is -3.23. The molecule has 3 unspecified atom stereocenters. The summed E-state index contributed by atoms with van der Waals surface area (Å²) in [5, 5.41) is -0.487. The third-order valence-electron chi connectivity index (χ3n) is 3.93. The van der Waals surface area contributed by atoms with E-state index in [1.807, 2.05) is 6.92 Å². The number of hydrogen-bond acceptors (Lipinski definition) is 3. The Morgan fingerprint density at radius 1 is 1.41 bits per heavy atom. The van der Waals surface area contributed by atoms with Crippen LogP contribution >= 0.6 is 11.6 Å². The molecule has 2 heterocycles. The van der Waals surface area contributed by atoms with E-state index in [2.05, 4.69) is 4.90 Å². The van der Waals surface area contributed by atoms with E-state index in [1.165, 1.54) is 6.42 Å². The molecule has 2 rings (SSSR count). The third-order valence-corrected chi connectivity index (χ3v) is 6.92. The molecule has 0 aromatic rings. The van der Waals surface area contributed by atoms with Crippen LogP contribution in [0, 0.1) is 0 Å². The summed E-state index contributed by atoms with van der Waals surface area (Å²) in [5.74, 6) is 0.167. The van der Waals surface area contributed by atoms with E-state index < -0.39 is 15.3 Å². The Labute approximate surface area is 109 Å². The second-order valence-corrected chi connectivity index (χ2v) is 7.83. The molecule has 0 radical (unpaired) electrons. The highest BCUT2D eigenvalue weighted by Gasteiger charge is 2.41. The van der Waals surface area contributed by atoms with Crippen molar-refractivity contribution in [1.82, 2.24) is 9.21 Å². The summed E-state index contributed by atoms with van der Waals surface area (Å²) in [6, 6.07) is 0.489. The lowest BCUT2D eigenvalue weighted by atomic mass is 10.1. The van der Waals surface area contributed by atoms with Gasteiger partial charge in [0.25, 0.3) is 0 Å². The molecular weight excluding hydrogens is 260 g/mol. The number of fused-ring (bicyclic) bond motifs is 1. The molecule has 0 spiro atoms. The number of alkyl halides is 1. The normalized spacial score (nSPS) is 33.6. The van der Waals surface area contributed by atoms with E-state index >= 15 is 0 Å². The largest absolute Gasteiger partial charge is 0.297 e. The van der Waals surface area contributed by atoms with Gasteiger partial charge < -0.3 is 0 Å². The van der Waals surface area contributed by atoms with Crippen LogP contribution < -0.4 is 0 Å². The van der Waals surface area contributed by atoms with Crippen molar-refractivity contribution in [3.63, 3.8) is 0 Å². The van der Waals surface area contributed by atoms with E-state index in [9.17, 15) is 8.42 Å². The zero-order chi connectivity index (χ0) is 12.6. The Hall–Kier alpha value is 0.160. The van der Waals surface area contributed by atoms with E-state index in [0.29, 0.717) is 12.6 Å². The van der Waals surface area contributed by atoms with Crippen LogP contribution in [0.2, 0.25) is 0 Å². The topological polar surface area (TPSA) is 40.6 Å². The van der Waals surface area contributed by atoms with Crippen molar-refractivity contribution < 1.29 is 8.42 Å². The Balaban J connectivity index is 2.15. The molecule has 2 saturated heterocycles. The highest BCUT2D eigenvalue weighted by Crippen LogP contribution is 2.27. The Morgan fingerprint density at radius 3 is 2.76 bits per heavy atom. The molecule has 0 N–H and O–H groups in total. The fourth-order valence-electron chi connectivity index (χ4n) is 2.83. The summed E-state index contributed by atoms with van der Waals surface area (Å²) in [7, 11) is -3.23. The lowest BCUT2D eigenvalue weighted by molar-refractivity contribution is 0.116. The average Bonchev–Trinajstić information content (AvgIpc) is 2.73. The highest BCUT2D eigenvalue weighted by atomic mass is 35.5. The number of hydrogen-bond donors (Lipinski definition) is 0. The smallest absolute Gasteiger partial charge is 0.218 e. The minimum Gasteiger partial charge on any atom is -0.297 e. The number of rotatable bonds is 3. The van der Waals surface area contributed by atoms with Gasteiger partial charge in [-0.3, -0.25) is 4.90 Å². The molecule has 0 aliphatic carbocycles. The van der Waals surface area contributed by atoms with Crippen molar-refractivity contribution >= 4 is 21.6 Å². The Bertz CT molecular complexity index is 374. The van der Waals surface area contributed by atoms with Gasteiger partial charge in [0, 0.05) is 31.1 Å². The van der Waals surface area contributed by atoms with Crippen molar-refractivity contribution in [3.8, 4) is 0 Å². The van der Waals surface area contributed by atoms with Gasteiger partial charge in [0.2, 0.25) is 10.0 Å². The number of halogens is 1. The quantitative estimate of drug-likeness (QED) is 0.727. The van der Waals surface area contributed by atoms with Gasteiger partial charge in [-0.1, -0.05) is 0 Å². The van der Waals surface area contributed by atoms with Gasteiger partial charge >= 0.3 is 0 Å². The first-order chi connectivity index (χ1) is 7.96. The molecule has 0 amide bonds. The second kappa shape index (κ2) is 5.03. The van der Waals surface area contributed by atoms with Crippen LogP contribution in [-0.2, 0) is 10.0 Å². The van der Waals surface area contributed by atoms with Crippen molar-refractivity contribution in [2.45, 2.75) is 44.0 Å². The van der Waals surface area contributed by atoms with Crippen LogP contribution in [0.4, 0.5) is 0 Å². The summed E-state index contributed by atoms with van der Waals surface area (Å²) in [4.78, 5) is 2.42. The monoisotopic (exact) mass is 280 g/mol. The predicted molar refractivity (Wildman–Crippen MR) is 69.9 cm³/mol. The molecule has 6 heteroatoms. The maximum atomic E-state index is 12.3. The lowest BCUT2D eigenvalue weighted by Gasteiger charge is -2.42. The summed E-state index contributed by atoms with van der Waals surface area (Å²) < 4.78 is 26.4. The number of nitrogens with zero attached hydrogens (tertiary/aromatic N) is 2.